The van der Waals surface area contributed by atoms with Crippen LogP contribution in [0.1, 0.15) is 22.3 Å². The van der Waals surface area contributed by atoms with E-state index >= 15 is 0 Å². The van der Waals surface area contributed by atoms with E-state index in [0.29, 0.717) is 0 Å². The normalized spacial score (nSPS) is 12.7. The number of para-hydroxylation sites is 2. The van der Waals surface area contributed by atoms with E-state index in [-0.39, 0.29) is 0 Å². The second-order valence-corrected chi connectivity index (χ2v) is 16.0. The highest BCUT2D eigenvalue weighted by Crippen LogP contribution is 2.60. The predicted octanol–water partition coefficient (Wildman–Crippen LogP) is 15.9. The summed E-state index contributed by atoms with van der Waals surface area (Å²) < 4.78 is 6.47. The highest BCUT2D eigenvalue weighted by molar-refractivity contribution is 6.07. The molecule has 0 radical (unpaired) electrons. The minimum absolute atomic E-state index is 0.533. The van der Waals surface area contributed by atoms with Crippen LogP contribution in [0.2, 0.25) is 0 Å². The number of benzene rings is 10. The molecule has 0 atom stereocenters. The summed E-state index contributed by atoms with van der Waals surface area (Å²) in [4.78, 5) is 2.49. The molecule has 0 amide bonds. The Hall–Kier alpha value is -7.94. The van der Waals surface area contributed by atoms with Crippen molar-refractivity contribution in [2.45, 2.75) is 5.41 Å². The number of nitrogens with zero attached hydrogens (tertiary/aromatic N) is 1. The van der Waals surface area contributed by atoms with E-state index in [2.05, 4.69) is 229 Å². The van der Waals surface area contributed by atoms with Crippen LogP contribution in [-0.2, 0) is 5.41 Å². The Kier molecular flexibility index (Phi) is 8.11. The molecule has 12 rings (SSSR count). The zero-order valence-electron chi connectivity index (χ0n) is 33.4. The third-order valence-electron chi connectivity index (χ3n) is 12.7. The summed E-state index contributed by atoms with van der Waals surface area (Å²) in [7, 11) is 0. The molecule has 0 saturated heterocycles. The van der Waals surface area contributed by atoms with Crippen LogP contribution < -0.4 is 4.90 Å². The first-order valence-electron chi connectivity index (χ1n) is 21.0. The lowest BCUT2D eigenvalue weighted by Gasteiger charge is -2.34. The van der Waals surface area contributed by atoms with E-state index in [1.54, 1.807) is 0 Å². The van der Waals surface area contributed by atoms with Crippen LogP contribution in [0.5, 0.6) is 0 Å². The molecule has 11 aromatic rings. The fourth-order valence-electron chi connectivity index (χ4n) is 10.1. The third-order valence-corrected chi connectivity index (χ3v) is 12.7. The van der Waals surface area contributed by atoms with Crippen molar-refractivity contribution in [3.63, 3.8) is 0 Å². The second-order valence-electron chi connectivity index (χ2n) is 16.0. The van der Waals surface area contributed by atoms with Crippen LogP contribution in [0.15, 0.2) is 241 Å². The maximum atomic E-state index is 6.47. The van der Waals surface area contributed by atoms with Gasteiger partial charge in [0.2, 0.25) is 0 Å². The summed E-state index contributed by atoms with van der Waals surface area (Å²) >= 11 is 0. The number of hydrogen-bond donors (Lipinski definition) is 0. The fraction of sp³-hybridized carbons (Fsp3) is 0.0169. The molecule has 61 heavy (non-hydrogen) atoms. The summed E-state index contributed by atoms with van der Waals surface area (Å²) in [6, 6.07) is 86.2. The lowest BCUT2D eigenvalue weighted by atomic mass is 9.68. The Bertz CT molecular complexity index is 3400. The Morgan fingerprint density at radius 2 is 0.951 bits per heavy atom. The number of fused-ring (bicyclic) bond motifs is 7. The average molecular weight is 778 g/mol. The van der Waals surface area contributed by atoms with Crippen molar-refractivity contribution in [1.29, 1.82) is 0 Å². The number of furan rings is 1. The Balaban J connectivity index is 1.14. The smallest absolute Gasteiger partial charge is 0.136 e. The molecule has 2 nitrogen and oxygen atoms in total. The van der Waals surface area contributed by atoms with Crippen LogP contribution in [0.25, 0.3) is 66.1 Å². The molecule has 1 aliphatic carbocycles. The average Bonchev–Trinajstić information content (AvgIpc) is 3.86. The Morgan fingerprint density at radius 3 is 1.79 bits per heavy atom. The monoisotopic (exact) mass is 777 g/mol. The highest BCUT2D eigenvalue weighted by Gasteiger charge is 2.47. The first-order chi connectivity index (χ1) is 30.3. The third kappa shape index (κ3) is 5.50. The summed E-state index contributed by atoms with van der Waals surface area (Å²) in [6.07, 6.45) is 0. The van der Waals surface area contributed by atoms with Crippen molar-refractivity contribution < 1.29 is 4.42 Å². The van der Waals surface area contributed by atoms with Gasteiger partial charge in [0.15, 0.2) is 0 Å². The number of hydrogen-bond acceptors (Lipinski definition) is 2. The van der Waals surface area contributed by atoms with Gasteiger partial charge >= 0.3 is 0 Å². The molecule has 1 aromatic heterocycles. The van der Waals surface area contributed by atoms with Crippen molar-refractivity contribution in [1.82, 2.24) is 0 Å². The van der Waals surface area contributed by atoms with Crippen molar-refractivity contribution in [3.05, 3.63) is 259 Å². The van der Waals surface area contributed by atoms with Gasteiger partial charge in [0.1, 0.15) is 11.2 Å². The molecular formula is C59H39NO. The van der Waals surface area contributed by atoms with Gasteiger partial charge in [0, 0.05) is 27.6 Å². The summed E-state index contributed by atoms with van der Waals surface area (Å²) in [6.45, 7) is 0. The zero-order chi connectivity index (χ0) is 40.3. The predicted molar refractivity (Wildman–Crippen MR) is 254 cm³/mol. The van der Waals surface area contributed by atoms with Crippen LogP contribution >= 0.6 is 0 Å². The van der Waals surface area contributed by atoms with Gasteiger partial charge in [-0.15, -0.1) is 0 Å². The molecule has 10 aromatic carbocycles. The standard InChI is InChI=1S/C59H39NO/c1-3-20-45(21-4-1)59(46-22-5-2-6-23-46)52-28-12-9-27-51(52)58-53(59)29-16-31-55(58)60(47-24-15-19-42(38-47)43-34-33-40-17-7-8-18-41(40)37-43)54-30-13-10-25-48(54)44-35-36-50-49-26-11-14-32-56(49)61-57(50)39-44/h1-39H. The van der Waals surface area contributed by atoms with Gasteiger partial charge in [-0.2, -0.15) is 0 Å². The van der Waals surface area contributed by atoms with Gasteiger partial charge in [0.05, 0.1) is 16.8 Å². The van der Waals surface area contributed by atoms with Crippen LogP contribution in [0.4, 0.5) is 17.1 Å². The first-order valence-corrected chi connectivity index (χ1v) is 21.0. The molecule has 0 aliphatic heterocycles. The molecule has 286 valence electrons. The minimum Gasteiger partial charge on any atom is -0.456 e. The van der Waals surface area contributed by atoms with Crippen LogP contribution in [0, 0.1) is 0 Å². The van der Waals surface area contributed by atoms with E-state index in [9.17, 15) is 0 Å². The zero-order valence-corrected chi connectivity index (χ0v) is 33.4. The Labute approximate surface area is 355 Å². The van der Waals surface area contributed by atoms with Gasteiger partial charge in [-0.05, 0) is 104 Å². The van der Waals surface area contributed by atoms with Crippen molar-refractivity contribution in [2.75, 3.05) is 4.90 Å². The first kappa shape index (κ1) is 35.0. The van der Waals surface area contributed by atoms with Crippen LogP contribution in [0.3, 0.4) is 0 Å². The van der Waals surface area contributed by atoms with Gasteiger partial charge < -0.3 is 9.32 Å². The summed E-state index contributed by atoms with van der Waals surface area (Å²) in [5, 5.41) is 4.71. The molecule has 0 bridgehead atoms. The van der Waals surface area contributed by atoms with Gasteiger partial charge in [0.25, 0.3) is 0 Å². The minimum atomic E-state index is -0.533. The second kappa shape index (κ2) is 14.1. The lowest BCUT2D eigenvalue weighted by molar-refractivity contribution is 0.669. The van der Waals surface area contributed by atoms with Crippen LogP contribution in [-0.4, -0.2) is 0 Å². The van der Waals surface area contributed by atoms with Gasteiger partial charge in [-0.3, -0.25) is 0 Å². The largest absolute Gasteiger partial charge is 0.456 e. The van der Waals surface area contributed by atoms with E-state index < -0.39 is 5.41 Å². The molecule has 0 N–H and O–H groups in total. The van der Waals surface area contributed by atoms with E-state index in [0.717, 1.165) is 55.7 Å². The van der Waals surface area contributed by atoms with Crippen molar-refractivity contribution in [2.24, 2.45) is 0 Å². The molecular weight excluding hydrogens is 739 g/mol. The van der Waals surface area contributed by atoms with Gasteiger partial charge in [-0.25, -0.2) is 0 Å². The molecule has 2 heteroatoms. The quantitative estimate of drug-likeness (QED) is 0.160. The van der Waals surface area contributed by atoms with E-state index in [4.69, 9.17) is 4.42 Å². The lowest BCUT2D eigenvalue weighted by Crippen LogP contribution is -2.28. The molecule has 0 spiro atoms. The maximum Gasteiger partial charge on any atom is 0.136 e. The Morgan fingerprint density at radius 1 is 0.344 bits per heavy atom. The molecule has 0 saturated carbocycles. The summed E-state index contributed by atoms with van der Waals surface area (Å²) in [5.74, 6) is 0. The molecule has 0 fully saturated rings. The maximum absolute atomic E-state index is 6.47. The SMILES string of the molecule is c1ccc(C2(c3ccccc3)c3ccccc3-c3c(N(c4cccc(-c5ccc6ccccc6c5)c4)c4ccccc4-c4ccc5c(c4)oc4ccccc45)cccc32)cc1. The molecule has 0 unspecified atom stereocenters. The fourth-order valence-corrected chi connectivity index (χ4v) is 10.1. The van der Waals surface area contributed by atoms with Crippen molar-refractivity contribution in [3.8, 4) is 33.4 Å². The van der Waals surface area contributed by atoms with E-state index in [1.807, 2.05) is 12.1 Å². The topological polar surface area (TPSA) is 16.4 Å². The number of rotatable bonds is 7. The highest BCUT2D eigenvalue weighted by atomic mass is 16.3. The number of anilines is 3. The van der Waals surface area contributed by atoms with Crippen molar-refractivity contribution >= 4 is 49.8 Å². The molecule has 1 heterocycles. The molecule has 1 aliphatic rings. The van der Waals surface area contributed by atoms with Gasteiger partial charge in [-0.1, -0.05) is 188 Å². The van der Waals surface area contributed by atoms with E-state index in [1.165, 1.54) is 49.7 Å². The summed E-state index contributed by atoms with van der Waals surface area (Å²) in [5.41, 5.74) is 16.6.